The lowest BCUT2D eigenvalue weighted by Gasteiger charge is -2.30. The van der Waals surface area contributed by atoms with Gasteiger partial charge in [0, 0.05) is 32.0 Å². The maximum atomic E-state index is 11.6. The molecule has 8 heteroatoms. The largest absolute Gasteiger partial charge is 0.360 e. The first-order valence-corrected chi connectivity index (χ1v) is 8.02. The third kappa shape index (κ3) is 3.58. The lowest BCUT2D eigenvalue weighted by molar-refractivity contribution is -0.383. The molecule has 1 aliphatic rings. The number of hydrogen-bond donors (Lipinski definition) is 1. The molecule has 1 aliphatic heterocycles. The van der Waals surface area contributed by atoms with Crippen molar-refractivity contribution in [3.05, 3.63) is 46.5 Å². The summed E-state index contributed by atoms with van der Waals surface area (Å²) >= 11 is 0. The number of nitrogens with one attached hydrogen (secondary N) is 1. The van der Waals surface area contributed by atoms with Gasteiger partial charge in [0.2, 0.25) is 11.6 Å². The van der Waals surface area contributed by atoms with Gasteiger partial charge in [0.15, 0.2) is 0 Å². The predicted molar refractivity (Wildman–Crippen MR) is 90.9 cm³/mol. The minimum Gasteiger partial charge on any atom is -0.360 e. The lowest BCUT2D eigenvalue weighted by Crippen LogP contribution is -2.34. The Hall–Kier alpha value is -2.77. The maximum Gasteiger partial charge on any atom is 0.353 e. The predicted octanol–water partition coefficient (Wildman–Crippen LogP) is 2.63. The van der Waals surface area contributed by atoms with Crippen LogP contribution in [0.4, 0.5) is 17.3 Å². The van der Waals surface area contributed by atoms with Crippen LogP contribution in [-0.4, -0.2) is 33.0 Å². The summed E-state index contributed by atoms with van der Waals surface area (Å²) < 4.78 is 0. The van der Waals surface area contributed by atoms with Crippen LogP contribution >= 0.6 is 0 Å². The lowest BCUT2D eigenvalue weighted by atomic mass is 9.99. The average molecular weight is 328 g/mol. The van der Waals surface area contributed by atoms with Crippen molar-refractivity contribution in [1.82, 2.24) is 15.0 Å². The van der Waals surface area contributed by atoms with Gasteiger partial charge in [-0.2, -0.15) is 0 Å². The molecule has 1 fully saturated rings. The highest BCUT2D eigenvalue weighted by molar-refractivity contribution is 5.70. The van der Waals surface area contributed by atoms with E-state index in [4.69, 9.17) is 0 Å². The van der Waals surface area contributed by atoms with Gasteiger partial charge in [-0.1, -0.05) is 13.0 Å². The number of pyridine rings is 1. The summed E-state index contributed by atoms with van der Waals surface area (Å²) in [6, 6.07) is 3.73. The van der Waals surface area contributed by atoms with Gasteiger partial charge in [-0.3, -0.25) is 15.1 Å². The van der Waals surface area contributed by atoms with Crippen molar-refractivity contribution in [2.75, 3.05) is 23.3 Å². The molecule has 2 aromatic rings. The van der Waals surface area contributed by atoms with Crippen molar-refractivity contribution in [1.29, 1.82) is 0 Å². The molecule has 0 atom stereocenters. The maximum absolute atomic E-state index is 11.6. The quantitative estimate of drug-likeness (QED) is 0.665. The van der Waals surface area contributed by atoms with E-state index < -0.39 is 4.92 Å². The Balaban J connectivity index is 1.84. The molecule has 8 nitrogen and oxygen atoms in total. The average Bonchev–Trinajstić information content (AvgIpc) is 2.61. The summed E-state index contributed by atoms with van der Waals surface area (Å²) in [4.78, 5) is 25.5. The van der Waals surface area contributed by atoms with Gasteiger partial charge in [-0.15, -0.1) is 0 Å². The van der Waals surface area contributed by atoms with Crippen LogP contribution in [0.15, 0.2) is 30.9 Å². The van der Waals surface area contributed by atoms with Gasteiger partial charge in [0.25, 0.3) is 0 Å². The first-order chi connectivity index (χ1) is 11.6. The van der Waals surface area contributed by atoms with Crippen LogP contribution in [0.3, 0.4) is 0 Å². The van der Waals surface area contributed by atoms with Gasteiger partial charge < -0.3 is 10.2 Å². The Bertz CT molecular complexity index is 701. The number of nitro groups is 1. The molecular weight excluding hydrogens is 308 g/mol. The molecule has 0 aromatic carbocycles. The van der Waals surface area contributed by atoms with E-state index in [1.807, 2.05) is 17.0 Å². The summed E-state index contributed by atoms with van der Waals surface area (Å²) in [5.74, 6) is 1.29. The van der Waals surface area contributed by atoms with Crippen molar-refractivity contribution >= 4 is 17.3 Å². The van der Waals surface area contributed by atoms with E-state index in [2.05, 4.69) is 27.2 Å². The van der Waals surface area contributed by atoms with Gasteiger partial charge in [-0.25, -0.2) is 9.97 Å². The standard InChI is InChI=1S/C16H20N6O2/c1-12-4-7-21(8-5-12)16-14(22(23)24)15(19-11-20-16)18-10-13-3-2-6-17-9-13/h2-3,6,9,11-12H,4-5,7-8,10H2,1H3,(H,18,19,20). The molecule has 0 amide bonds. The molecule has 1 N–H and O–H groups in total. The summed E-state index contributed by atoms with van der Waals surface area (Å²) in [7, 11) is 0. The van der Waals surface area contributed by atoms with Gasteiger partial charge in [0.1, 0.15) is 6.33 Å². The van der Waals surface area contributed by atoms with E-state index in [-0.39, 0.29) is 11.5 Å². The zero-order valence-corrected chi connectivity index (χ0v) is 13.6. The van der Waals surface area contributed by atoms with E-state index in [0.717, 1.165) is 31.5 Å². The number of hydrogen-bond acceptors (Lipinski definition) is 7. The molecule has 24 heavy (non-hydrogen) atoms. The fraction of sp³-hybridized carbons (Fsp3) is 0.438. The van der Waals surface area contributed by atoms with Crippen LogP contribution in [0.25, 0.3) is 0 Å². The molecular formula is C16H20N6O2. The molecule has 2 aromatic heterocycles. The Morgan fingerprint density at radius 2 is 2.17 bits per heavy atom. The van der Waals surface area contributed by atoms with E-state index in [9.17, 15) is 10.1 Å². The topological polar surface area (TPSA) is 97.1 Å². The second-order valence-electron chi connectivity index (χ2n) is 6.04. The van der Waals surface area contributed by atoms with Crippen LogP contribution in [0.2, 0.25) is 0 Å². The van der Waals surface area contributed by atoms with E-state index in [1.54, 1.807) is 12.4 Å². The highest BCUT2D eigenvalue weighted by Crippen LogP contribution is 2.34. The first kappa shape index (κ1) is 16.1. The van der Waals surface area contributed by atoms with Crippen LogP contribution in [0.5, 0.6) is 0 Å². The van der Waals surface area contributed by atoms with Gasteiger partial charge in [-0.05, 0) is 30.4 Å². The molecule has 3 rings (SSSR count). The van der Waals surface area contributed by atoms with Crippen LogP contribution in [-0.2, 0) is 6.54 Å². The summed E-state index contributed by atoms with van der Waals surface area (Å²) in [5.41, 5.74) is 0.870. The minimum atomic E-state index is -0.404. The number of piperidine rings is 1. The van der Waals surface area contributed by atoms with Crippen molar-refractivity contribution in [3.8, 4) is 0 Å². The van der Waals surface area contributed by atoms with Gasteiger partial charge in [0.05, 0.1) is 4.92 Å². The fourth-order valence-corrected chi connectivity index (χ4v) is 2.81. The number of anilines is 2. The molecule has 0 aliphatic carbocycles. The van der Waals surface area contributed by atoms with Crippen molar-refractivity contribution in [3.63, 3.8) is 0 Å². The zero-order chi connectivity index (χ0) is 16.9. The molecule has 0 spiro atoms. The molecule has 0 unspecified atom stereocenters. The van der Waals surface area contributed by atoms with Crippen LogP contribution < -0.4 is 10.2 Å². The van der Waals surface area contributed by atoms with Crippen molar-refractivity contribution in [2.45, 2.75) is 26.3 Å². The smallest absolute Gasteiger partial charge is 0.353 e. The van der Waals surface area contributed by atoms with Crippen LogP contribution in [0.1, 0.15) is 25.3 Å². The Morgan fingerprint density at radius 1 is 1.38 bits per heavy atom. The first-order valence-electron chi connectivity index (χ1n) is 8.02. The summed E-state index contributed by atoms with van der Waals surface area (Å²) in [5, 5.41) is 14.6. The fourth-order valence-electron chi connectivity index (χ4n) is 2.81. The number of nitrogens with zero attached hydrogens (tertiary/aromatic N) is 5. The molecule has 0 radical (unpaired) electrons. The third-order valence-corrected chi connectivity index (χ3v) is 4.25. The Morgan fingerprint density at radius 3 is 2.83 bits per heavy atom. The molecule has 126 valence electrons. The number of aromatic nitrogens is 3. The highest BCUT2D eigenvalue weighted by atomic mass is 16.6. The zero-order valence-electron chi connectivity index (χ0n) is 13.6. The van der Waals surface area contributed by atoms with Crippen molar-refractivity contribution < 1.29 is 4.92 Å². The summed E-state index contributed by atoms with van der Waals surface area (Å²) in [6.45, 7) is 4.18. The second kappa shape index (κ2) is 7.20. The van der Waals surface area contributed by atoms with Gasteiger partial charge >= 0.3 is 5.69 Å². The van der Waals surface area contributed by atoms with E-state index >= 15 is 0 Å². The monoisotopic (exact) mass is 328 g/mol. The SMILES string of the molecule is CC1CCN(c2ncnc(NCc3cccnc3)c2[N+](=O)[O-])CC1. The van der Waals surface area contributed by atoms with E-state index in [1.165, 1.54) is 6.33 Å². The molecule has 0 bridgehead atoms. The van der Waals surface area contributed by atoms with E-state index in [0.29, 0.717) is 18.3 Å². The third-order valence-electron chi connectivity index (χ3n) is 4.25. The van der Waals surface area contributed by atoms with Crippen molar-refractivity contribution in [2.24, 2.45) is 5.92 Å². The molecule has 0 saturated carbocycles. The summed E-state index contributed by atoms with van der Waals surface area (Å²) in [6.07, 6.45) is 6.81. The number of rotatable bonds is 5. The highest BCUT2D eigenvalue weighted by Gasteiger charge is 2.28. The normalized spacial score (nSPS) is 15.3. The molecule has 3 heterocycles. The second-order valence-corrected chi connectivity index (χ2v) is 6.04. The molecule has 1 saturated heterocycles. The Kier molecular flexibility index (Phi) is 4.83. The van der Waals surface area contributed by atoms with Crippen LogP contribution in [0, 0.1) is 16.0 Å². The Labute approximate surface area is 140 Å². The minimum absolute atomic E-state index is 0.0593.